The van der Waals surface area contributed by atoms with Gasteiger partial charge in [-0.05, 0) is 37.9 Å². The molecule has 1 amide bonds. The van der Waals surface area contributed by atoms with Crippen molar-refractivity contribution in [3.05, 3.63) is 59.7 Å². The Morgan fingerprint density at radius 2 is 1.96 bits per heavy atom. The van der Waals surface area contributed by atoms with Crippen LogP contribution in [0.4, 0.5) is 10.1 Å². The van der Waals surface area contributed by atoms with E-state index >= 15 is 0 Å². The van der Waals surface area contributed by atoms with Gasteiger partial charge in [-0.2, -0.15) is 0 Å². The summed E-state index contributed by atoms with van der Waals surface area (Å²) in [5.74, 6) is -0.501. The van der Waals surface area contributed by atoms with Gasteiger partial charge in [0.05, 0.1) is 11.3 Å². The van der Waals surface area contributed by atoms with E-state index in [0.29, 0.717) is 12.1 Å². The van der Waals surface area contributed by atoms with E-state index in [2.05, 4.69) is 20.5 Å². The normalized spacial score (nSPS) is 10.6. The maximum atomic E-state index is 12.8. The van der Waals surface area contributed by atoms with Crippen LogP contribution in [0.3, 0.4) is 0 Å². The largest absolute Gasteiger partial charge is 0.382 e. The van der Waals surface area contributed by atoms with E-state index in [1.54, 1.807) is 24.4 Å². The first kappa shape index (κ1) is 16.9. The van der Waals surface area contributed by atoms with E-state index in [1.165, 1.54) is 18.3 Å². The highest BCUT2D eigenvalue weighted by molar-refractivity contribution is 5.94. The molecule has 0 unspecified atom stereocenters. The van der Waals surface area contributed by atoms with Crippen LogP contribution < -0.4 is 10.6 Å². The number of benzene rings is 1. The fourth-order valence-corrected chi connectivity index (χ4v) is 1.97. The van der Waals surface area contributed by atoms with Crippen LogP contribution in [0.2, 0.25) is 0 Å². The number of likely N-dealkylation sites (N-methyl/N-ethyl adjacent to an activating group) is 1. The maximum absolute atomic E-state index is 12.8. The number of halogens is 1. The van der Waals surface area contributed by atoms with Crippen LogP contribution >= 0.6 is 0 Å². The average Bonchev–Trinajstić information content (AvgIpc) is 2.54. The SMILES string of the molecule is CN(C)CCNc1cncc(C(=O)NCc2ccc(F)cc2)c1. The summed E-state index contributed by atoms with van der Waals surface area (Å²) in [6.45, 7) is 2.01. The van der Waals surface area contributed by atoms with Crippen molar-refractivity contribution < 1.29 is 9.18 Å². The van der Waals surface area contributed by atoms with Gasteiger partial charge in [-0.15, -0.1) is 0 Å². The lowest BCUT2D eigenvalue weighted by Crippen LogP contribution is -2.23. The lowest BCUT2D eigenvalue weighted by Gasteiger charge is -2.12. The molecule has 2 rings (SSSR count). The number of nitrogens with zero attached hydrogens (tertiary/aromatic N) is 2. The number of aromatic nitrogens is 1. The molecule has 5 nitrogen and oxygen atoms in total. The number of pyridine rings is 1. The van der Waals surface area contributed by atoms with Gasteiger partial charge in [0.15, 0.2) is 0 Å². The molecule has 122 valence electrons. The standard InChI is InChI=1S/C17H21FN4O/c1-22(2)8-7-20-16-9-14(11-19-12-16)17(23)21-10-13-3-5-15(18)6-4-13/h3-6,9,11-12,20H,7-8,10H2,1-2H3,(H,21,23). The monoisotopic (exact) mass is 316 g/mol. The summed E-state index contributed by atoms with van der Waals surface area (Å²) in [4.78, 5) is 18.3. The molecule has 0 spiro atoms. The molecule has 1 aromatic carbocycles. The Bertz CT molecular complexity index is 643. The van der Waals surface area contributed by atoms with Crippen LogP contribution in [0.15, 0.2) is 42.7 Å². The van der Waals surface area contributed by atoms with Crippen molar-refractivity contribution in [3.63, 3.8) is 0 Å². The minimum absolute atomic E-state index is 0.210. The van der Waals surface area contributed by atoms with Crippen LogP contribution in [-0.4, -0.2) is 43.0 Å². The predicted octanol–water partition coefficient (Wildman–Crippen LogP) is 2.12. The number of amides is 1. The van der Waals surface area contributed by atoms with Crippen LogP contribution in [-0.2, 0) is 6.54 Å². The lowest BCUT2D eigenvalue weighted by molar-refractivity contribution is 0.0950. The van der Waals surface area contributed by atoms with Gasteiger partial charge >= 0.3 is 0 Å². The summed E-state index contributed by atoms with van der Waals surface area (Å²) in [6, 6.07) is 7.81. The Morgan fingerprint density at radius 1 is 1.22 bits per heavy atom. The second-order valence-electron chi connectivity index (χ2n) is 5.50. The summed E-state index contributed by atoms with van der Waals surface area (Å²) in [5.41, 5.74) is 2.14. The number of hydrogen-bond donors (Lipinski definition) is 2. The molecule has 1 heterocycles. The molecule has 0 aliphatic heterocycles. The molecule has 6 heteroatoms. The van der Waals surface area contributed by atoms with Crippen LogP contribution in [0, 0.1) is 5.82 Å². The van der Waals surface area contributed by atoms with Crippen molar-refractivity contribution in [2.75, 3.05) is 32.5 Å². The van der Waals surface area contributed by atoms with E-state index in [4.69, 9.17) is 0 Å². The van der Waals surface area contributed by atoms with Crippen LogP contribution in [0.5, 0.6) is 0 Å². The van der Waals surface area contributed by atoms with Gasteiger partial charge in [0.1, 0.15) is 5.82 Å². The highest BCUT2D eigenvalue weighted by Gasteiger charge is 2.07. The van der Waals surface area contributed by atoms with E-state index in [1.807, 2.05) is 14.1 Å². The van der Waals surface area contributed by atoms with Gasteiger partial charge in [-0.25, -0.2) is 4.39 Å². The molecule has 23 heavy (non-hydrogen) atoms. The number of rotatable bonds is 7. The molecule has 0 fully saturated rings. The molecular weight excluding hydrogens is 295 g/mol. The van der Waals surface area contributed by atoms with Crippen molar-refractivity contribution in [2.45, 2.75) is 6.54 Å². The third kappa shape index (κ3) is 5.67. The predicted molar refractivity (Wildman–Crippen MR) is 88.9 cm³/mol. The Labute approximate surface area is 135 Å². The quantitative estimate of drug-likeness (QED) is 0.821. The minimum Gasteiger partial charge on any atom is -0.382 e. The Balaban J connectivity index is 1.90. The molecule has 0 atom stereocenters. The zero-order chi connectivity index (χ0) is 16.7. The van der Waals surface area contributed by atoms with E-state index < -0.39 is 0 Å². The van der Waals surface area contributed by atoms with Crippen LogP contribution in [0.1, 0.15) is 15.9 Å². The molecule has 0 radical (unpaired) electrons. The lowest BCUT2D eigenvalue weighted by atomic mass is 10.2. The van der Waals surface area contributed by atoms with Gasteiger partial charge in [0.2, 0.25) is 0 Å². The van der Waals surface area contributed by atoms with Crippen molar-refractivity contribution in [2.24, 2.45) is 0 Å². The minimum atomic E-state index is -0.291. The van der Waals surface area contributed by atoms with Gasteiger partial charge < -0.3 is 15.5 Å². The second-order valence-corrected chi connectivity index (χ2v) is 5.50. The molecule has 2 N–H and O–H groups in total. The van der Waals surface area contributed by atoms with E-state index in [9.17, 15) is 9.18 Å². The van der Waals surface area contributed by atoms with Crippen LogP contribution in [0.25, 0.3) is 0 Å². The summed E-state index contributed by atoms with van der Waals surface area (Å²) < 4.78 is 12.8. The number of carbonyl (C=O) groups is 1. The molecule has 2 aromatic rings. The summed E-state index contributed by atoms with van der Waals surface area (Å²) >= 11 is 0. The number of anilines is 1. The summed E-state index contributed by atoms with van der Waals surface area (Å²) in [6.07, 6.45) is 3.21. The zero-order valence-corrected chi connectivity index (χ0v) is 13.3. The first-order chi connectivity index (χ1) is 11.0. The molecule has 0 aliphatic carbocycles. The van der Waals surface area contributed by atoms with Gasteiger partial charge in [0.25, 0.3) is 5.91 Å². The fourth-order valence-electron chi connectivity index (χ4n) is 1.97. The topological polar surface area (TPSA) is 57.3 Å². The smallest absolute Gasteiger partial charge is 0.253 e. The highest BCUT2D eigenvalue weighted by atomic mass is 19.1. The third-order valence-electron chi connectivity index (χ3n) is 3.25. The van der Waals surface area contributed by atoms with Gasteiger partial charge in [-0.1, -0.05) is 12.1 Å². The molecular formula is C17H21FN4O. The van der Waals surface area contributed by atoms with E-state index in [-0.39, 0.29) is 11.7 Å². The zero-order valence-electron chi connectivity index (χ0n) is 13.3. The van der Waals surface area contributed by atoms with Crippen molar-refractivity contribution >= 4 is 11.6 Å². The average molecular weight is 316 g/mol. The maximum Gasteiger partial charge on any atom is 0.253 e. The second kappa shape index (κ2) is 8.24. The van der Waals surface area contributed by atoms with Crippen molar-refractivity contribution in [1.29, 1.82) is 0 Å². The molecule has 0 saturated heterocycles. The van der Waals surface area contributed by atoms with Gasteiger partial charge in [-0.3, -0.25) is 9.78 Å². The number of hydrogen-bond acceptors (Lipinski definition) is 4. The molecule has 0 saturated carbocycles. The Morgan fingerprint density at radius 3 is 2.65 bits per heavy atom. The first-order valence-electron chi connectivity index (χ1n) is 7.41. The number of nitrogens with one attached hydrogen (secondary N) is 2. The van der Waals surface area contributed by atoms with Gasteiger partial charge in [0, 0.05) is 32.0 Å². The number of carbonyl (C=O) groups excluding carboxylic acids is 1. The first-order valence-corrected chi connectivity index (χ1v) is 7.41. The molecule has 1 aromatic heterocycles. The molecule has 0 bridgehead atoms. The van der Waals surface area contributed by atoms with E-state index in [0.717, 1.165) is 24.3 Å². The van der Waals surface area contributed by atoms with Crippen molar-refractivity contribution in [1.82, 2.24) is 15.2 Å². The highest BCUT2D eigenvalue weighted by Crippen LogP contribution is 2.09. The fraction of sp³-hybridized carbons (Fsp3) is 0.294. The third-order valence-corrected chi connectivity index (χ3v) is 3.25. The molecule has 0 aliphatic rings. The summed E-state index contributed by atoms with van der Waals surface area (Å²) in [7, 11) is 4.00. The summed E-state index contributed by atoms with van der Waals surface area (Å²) in [5, 5.41) is 6.02. The Hall–Kier alpha value is -2.47. The Kier molecular flexibility index (Phi) is 6.05. The van der Waals surface area contributed by atoms with Crippen molar-refractivity contribution in [3.8, 4) is 0 Å².